The van der Waals surface area contributed by atoms with E-state index in [9.17, 15) is 9.59 Å². The van der Waals surface area contributed by atoms with E-state index in [1.807, 2.05) is 26.0 Å². The van der Waals surface area contributed by atoms with Crippen molar-refractivity contribution in [1.82, 2.24) is 5.32 Å². The van der Waals surface area contributed by atoms with Crippen LogP contribution < -0.4 is 10.2 Å². The first-order chi connectivity index (χ1) is 11.9. The summed E-state index contributed by atoms with van der Waals surface area (Å²) in [6, 6.07) is 5.74. The molecule has 1 aliphatic heterocycles. The molecule has 2 atom stereocenters. The first kappa shape index (κ1) is 19.8. The van der Waals surface area contributed by atoms with Crippen molar-refractivity contribution in [2.75, 3.05) is 11.4 Å². The summed E-state index contributed by atoms with van der Waals surface area (Å²) in [5.74, 6) is -0.321. The van der Waals surface area contributed by atoms with Gasteiger partial charge in [-0.05, 0) is 38.0 Å². The Morgan fingerprint density at radius 2 is 2.12 bits per heavy atom. The first-order valence-electron chi connectivity index (χ1n) is 9.29. The molecular weight excluding hydrogens is 336 g/mol. The lowest BCUT2D eigenvalue weighted by Gasteiger charge is -2.19. The number of rotatable bonds is 8. The highest BCUT2D eigenvalue weighted by molar-refractivity contribution is 6.31. The third-order valence-corrected chi connectivity index (χ3v) is 5.25. The van der Waals surface area contributed by atoms with E-state index in [-0.39, 0.29) is 30.2 Å². The zero-order valence-electron chi connectivity index (χ0n) is 15.5. The number of hydrogen-bond acceptors (Lipinski definition) is 2. The van der Waals surface area contributed by atoms with Crippen molar-refractivity contribution in [2.45, 2.75) is 65.3 Å². The van der Waals surface area contributed by atoms with E-state index in [1.165, 1.54) is 19.3 Å². The maximum absolute atomic E-state index is 12.5. The van der Waals surface area contributed by atoms with Crippen molar-refractivity contribution in [3.8, 4) is 0 Å². The summed E-state index contributed by atoms with van der Waals surface area (Å²) in [5.41, 5.74) is 1.74. The number of anilines is 1. The van der Waals surface area contributed by atoms with Crippen LogP contribution in [-0.2, 0) is 9.59 Å². The van der Waals surface area contributed by atoms with E-state index in [4.69, 9.17) is 11.6 Å². The van der Waals surface area contributed by atoms with E-state index in [2.05, 4.69) is 12.2 Å². The van der Waals surface area contributed by atoms with E-state index in [0.717, 1.165) is 24.1 Å². The number of carbonyl (C=O) groups excluding carboxylic acids is 2. The van der Waals surface area contributed by atoms with Gasteiger partial charge in [0.2, 0.25) is 11.8 Å². The van der Waals surface area contributed by atoms with Crippen LogP contribution in [0.4, 0.5) is 5.69 Å². The fraction of sp³-hybridized carbons (Fsp3) is 0.600. The Kier molecular flexibility index (Phi) is 7.30. The molecule has 0 bridgehead atoms. The molecule has 138 valence electrons. The molecule has 2 rings (SSSR count). The molecule has 2 amide bonds. The Morgan fingerprint density at radius 1 is 1.36 bits per heavy atom. The lowest BCUT2D eigenvalue weighted by Crippen LogP contribution is -2.38. The van der Waals surface area contributed by atoms with Crippen LogP contribution in [0.25, 0.3) is 0 Å². The van der Waals surface area contributed by atoms with Crippen molar-refractivity contribution in [3.05, 3.63) is 28.8 Å². The zero-order chi connectivity index (χ0) is 18.4. The Labute approximate surface area is 155 Å². The Morgan fingerprint density at radius 3 is 2.80 bits per heavy atom. The number of aryl methyl sites for hydroxylation is 1. The van der Waals surface area contributed by atoms with Gasteiger partial charge in [0.15, 0.2) is 0 Å². The second kappa shape index (κ2) is 9.23. The summed E-state index contributed by atoms with van der Waals surface area (Å²) >= 11 is 6.16. The first-order valence-corrected chi connectivity index (χ1v) is 9.67. The molecule has 0 saturated carbocycles. The maximum atomic E-state index is 12.5. The highest BCUT2D eigenvalue weighted by Crippen LogP contribution is 2.29. The number of hydrogen-bond donors (Lipinski definition) is 1. The van der Waals surface area contributed by atoms with Crippen molar-refractivity contribution >= 4 is 29.1 Å². The van der Waals surface area contributed by atoms with E-state index in [0.29, 0.717) is 11.6 Å². The van der Waals surface area contributed by atoms with Gasteiger partial charge in [-0.2, -0.15) is 0 Å². The molecule has 1 aliphatic rings. The number of amides is 2. The molecule has 5 heteroatoms. The molecule has 0 radical (unpaired) electrons. The molecule has 4 nitrogen and oxygen atoms in total. The summed E-state index contributed by atoms with van der Waals surface area (Å²) < 4.78 is 0. The second-order valence-corrected chi connectivity index (χ2v) is 7.51. The molecule has 1 N–H and O–H groups in total. The second-order valence-electron chi connectivity index (χ2n) is 7.10. The molecule has 1 aromatic carbocycles. The van der Waals surface area contributed by atoms with E-state index >= 15 is 0 Å². The molecule has 0 unspecified atom stereocenters. The van der Waals surface area contributed by atoms with Crippen LogP contribution in [0.5, 0.6) is 0 Å². The van der Waals surface area contributed by atoms with Crippen LogP contribution in [0.3, 0.4) is 0 Å². The van der Waals surface area contributed by atoms with Gasteiger partial charge in [-0.1, -0.05) is 50.3 Å². The molecule has 1 heterocycles. The summed E-state index contributed by atoms with van der Waals surface area (Å²) in [5, 5.41) is 3.71. The largest absolute Gasteiger partial charge is 0.353 e. The fourth-order valence-electron chi connectivity index (χ4n) is 3.19. The van der Waals surface area contributed by atoms with Gasteiger partial charge < -0.3 is 10.2 Å². The Bertz CT molecular complexity index is 618. The summed E-state index contributed by atoms with van der Waals surface area (Å²) in [4.78, 5) is 26.5. The van der Waals surface area contributed by atoms with Crippen LogP contribution >= 0.6 is 11.6 Å². The monoisotopic (exact) mass is 364 g/mol. The van der Waals surface area contributed by atoms with Gasteiger partial charge in [-0.3, -0.25) is 9.59 Å². The van der Waals surface area contributed by atoms with Crippen molar-refractivity contribution in [1.29, 1.82) is 0 Å². The van der Waals surface area contributed by atoms with Gasteiger partial charge in [0.05, 0.1) is 5.92 Å². The van der Waals surface area contributed by atoms with Gasteiger partial charge in [0.1, 0.15) is 0 Å². The summed E-state index contributed by atoms with van der Waals surface area (Å²) in [6.07, 6.45) is 6.05. The molecular formula is C20H29ClN2O2. The van der Waals surface area contributed by atoms with Crippen LogP contribution in [0.15, 0.2) is 18.2 Å². The van der Waals surface area contributed by atoms with Gasteiger partial charge in [-0.15, -0.1) is 0 Å². The van der Waals surface area contributed by atoms with E-state index in [1.54, 1.807) is 11.0 Å². The van der Waals surface area contributed by atoms with Crippen LogP contribution in [0.2, 0.25) is 5.02 Å². The number of nitrogens with zero attached hydrogens (tertiary/aromatic N) is 1. The normalized spacial score (nSPS) is 18.5. The Balaban J connectivity index is 1.88. The molecule has 1 fully saturated rings. The minimum atomic E-state index is -0.286. The minimum Gasteiger partial charge on any atom is -0.353 e. The van der Waals surface area contributed by atoms with Crippen molar-refractivity contribution in [2.24, 2.45) is 5.92 Å². The molecule has 1 saturated heterocycles. The minimum absolute atomic E-state index is 0.0166. The number of carbonyl (C=O) groups is 2. The third-order valence-electron chi connectivity index (χ3n) is 4.84. The highest BCUT2D eigenvalue weighted by Gasteiger charge is 2.35. The van der Waals surface area contributed by atoms with Crippen LogP contribution in [0, 0.1) is 12.8 Å². The van der Waals surface area contributed by atoms with Crippen LogP contribution in [-0.4, -0.2) is 24.4 Å². The topological polar surface area (TPSA) is 49.4 Å². The summed E-state index contributed by atoms with van der Waals surface area (Å²) in [7, 11) is 0. The molecule has 0 aliphatic carbocycles. The molecule has 0 aromatic heterocycles. The number of benzene rings is 1. The molecule has 0 spiro atoms. The van der Waals surface area contributed by atoms with E-state index < -0.39 is 0 Å². The van der Waals surface area contributed by atoms with Crippen molar-refractivity contribution in [3.63, 3.8) is 0 Å². The SMILES string of the molecule is CCCCCC[C@@H](C)NC(=O)[C@H]1CC(=O)N(c2ccc(C)c(Cl)c2)C1. The van der Waals surface area contributed by atoms with Crippen molar-refractivity contribution < 1.29 is 9.59 Å². The fourth-order valence-corrected chi connectivity index (χ4v) is 3.37. The predicted octanol–water partition coefficient (Wildman–Crippen LogP) is 4.48. The standard InChI is InChI=1S/C20H29ClN2O2/c1-4-5-6-7-8-15(3)22-20(25)16-11-19(24)23(13-16)17-10-9-14(2)18(21)12-17/h9-10,12,15-16H,4-8,11,13H2,1-3H3,(H,22,25)/t15-,16+/m1/s1. The highest BCUT2D eigenvalue weighted by atomic mass is 35.5. The quantitative estimate of drug-likeness (QED) is 0.691. The average molecular weight is 365 g/mol. The van der Waals surface area contributed by atoms with Gasteiger partial charge in [0, 0.05) is 29.7 Å². The number of nitrogens with one attached hydrogen (secondary N) is 1. The average Bonchev–Trinajstić information content (AvgIpc) is 2.96. The zero-order valence-corrected chi connectivity index (χ0v) is 16.2. The Hall–Kier alpha value is -1.55. The van der Waals surface area contributed by atoms with Gasteiger partial charge >= 0.3 is 0 Å². The lowest BCUT2D eigenvalue weighted by atomic mass is 10.1. The number of unbranched alkanes of at least 4 members (excludes halogenated alkanes) is 3. The predicted molar refractivity (Wildman–Crippen MR) is 103 cm³/mol. The molecule has 1 aromatic rings. The van der Waals surface area contributed by atoms with Gasteiger partial charge in [0.25, 0.3) is 0 Å². The number of halogens is 1. The smallest absolute Gasteiger partial charge is 0.227 e. The summed E-state index contributed by atoms with van der Waals surface area (Å²) in [6.45, 7) is 6.58. The maximum Gasteiger partial charge on any atom is 0.227 e. The van der Waals surface area contributed by atoms with Crippen LogP contribution in [0.1, 0.15) is 57.9 Å². The van der Waals surface area contributed by atoms with Gasteiger partial charge in [-0.25, -0.2) is 0 Å². The lowest BCUT2D eigenvalue weighted by molar-refractivity contribution is -0.126. The molecule has 25 heavy (non-hydrogen) atoms. The third kappa shape index (κ3) is 5.46.